The van der Waals surface area contributed by atoms with E-state index in [0.29, 0.717) is 24.9 Å². The number of nitrogens with zero attached hydrogens (tertiary/aromatic N) is 4. The molecule has 0 spiro atoms. The SMILES string of the molecule is O=C1CCN(N2C(=O)c3ccc(CN4CCC(N5CCOc6cc(F)ccc65)CC4)cc3C2=O)C(=O)N1. The molecule has 5 amide bonds. The number of likely N-dealkylation sites (tertiary alicyclic amines) is 1. The van der Waals surface area contributed by atoms with Gasteiger partial charge in [-0.1, -0.05) is 6.07 Å². The number of nitrogens with one attached hydrogen (secondary N) is 1. The highest BCUT2D eigenvalue weighted by atomic mass is 19.1. The van der Waals surface area contributed by atoms with Crippen molar-refractivity contribution in [1.82, 2.24) is 20.2 Å². The quantitative estimate of drug-likeness (QED) is 0.633. The van der Waals surface area contributed by atoms with Crippen molar-refractivity contribution in [3.63, 3.8) is 0 Å². The molecule has 4 aliphatic rings. The number of ether oxygens (including phenoxy) is 1. The van der Waals surface area contributed by atoms with Gasteiger partial charge in [-0.05, 0) is 42.7 Å². The molecule has 0 aromatic heterocycles. The molecule has 4 aliphatic heterocycles. The number of carbonyl (C=O) groups excluding carboxylic acids is 4. The molecule has 10 nitrogen and oxygen atoms in total. The summed E-state index contributed by atoms with van der Waals surface area (Å²) in [5.41, 5.74) is 2.36. The lowest BCUT2D eigenvalue weighted by molar-refractivity contribution is -0.122. The predicted octanol–water partition coefficient (Wildman–Crippen LogP) is 2.14. The second kappa shape index (κ2) is 9.15. The first-order chi connectivity index (χ1) is 17.9. The van der Waals surface area contributed by atoms with Gasteiger partial charge in [-0.3, -0.25) is 24.6 Å². The van der Waals surface area contributed by atoms with Crippen molar-refractivity contribution in [3.8, 4) is 5.75 Å². The molecule has 4 heterocycles. The zero-order valence-electron chi connectivity index (χ0n) is 20.1. The summed E-state index contributed by atoms with van der Waals surface area (Å²) in [5, 5.41) is 3.96. The van der Waals surface area contributed by atoms with Crippen LogP contribution in [0.3, 0.4) is 0 Å². The molecule has 1 N–H and O–H groups in total. The summed E-state index contributed by atoms with van der Waals surface area (Å²) in [7, 11) is 0. The summed E-state index contributed by atoms with van der Waals surface area (Å²) in [6.45, 7) is 3.62. The second-order valence-corrected chi connectivity index (χ2v) is 9.69. The maximum atomic E-state index is 13.6. The fourth-order valence-corrected chi connectivity index (χ4v) is 5.58. The Morgan fingerprint density at radius 1 is 0.919 bits per heavy atom. The standard InChI is InChI=1S/C26H26FN5O5/c27-17-2-4-21-22(14-17)37-12-11-30(21)18-5-8-29(9-6-18)15-16-1-3-19-20(13-16)25(35)32(24(19)34)31-10-7-23(33)28-26(31)36/h1-4,13-14,18H,5-12,15H2,(H,28,33,36). The van der Waals surface area contributed by atoms with Crippen LogP contribution in [-0.2, 0) is 11.3 Å². The third-order valence-electron chi connectivity index (χ3n) is 7.43. The molecule has 0 aliphatic carbocycles. The lowest BCUT2D eigenvalue weighted by atomic mass is 10.00. The predicted molar refractivity (Wildman–Crippen MR) is 129 cm³/mol. The fraction of sp³-hybridized carbons (Fsp3) is 0.385. The largest absolute Gasteiger partial charge is 0.489 e. The molecule has 2 aromatic carbocycles. The van der Waals surface area contributed by atoms with Crippen LogP contribution in [0.15, 0.2) is 36.4 Å². The maximum Gasteiger partial charge on any atom is 0.343 e. The third kappa shape index (κ3) is 4.18. The van der Waals surface area contributed by atoms with Crippen LogP contribution < -0.4 is 15.0 Å². The summed E-state index contributed by atoms with van der Waals surface area (Å²) in [4.78, 5) is 54.2. The van der Waals surface area contributed by atoms with Crippen molar-refractivity contribution >= 4 is 29.4 Å². The molecule has 37 heavy (non-hydrogen) atoms. The number of hydrazine groups is 1. The number of anilines is 1. The van der Waals surface area contributed by atoms with Gasteiger partial charge in [0.25, 0.3) is 11.8 Å². The number of imide groups is 2. The van der Waals surface area contributed by atoms with Crippen molar-refractivity contribution in [1.29, 1.82) is 0 Å². The van der Waals surface area contributed by atoms with Crippen molar-refractivity contribution in [3.05, 3.63) is 58.9 Å². The average molecular weight is 508 g/mol. The van der Waals surface area contributed by atoms with Crippen LogP contribution in [0.2, 0.25) is 0 Å². The van der Waals surface area contributed by atoms with Gasteiger partial charge in [0, 0.05) is 38.2 Å². The molecule has 11 heteroatoms. The Morgan fingerprint density at radius 2 is 1.70 bits per heavy atom. The number of piperidine rings is 1. The van der Waals surface area contributed by atoms with E-state index in [1.165, 1.54) is 12.1 Å². The van der Waals surface area contributed by atoms with Gasteiger partial charge in [0.1, 0.15) is 18.2 Å². The van der Waals surface area contributed by atoms with Crippen molar-refractivity contribution in [2.75, 3.05) is 37.7 Å². The van der Waals surface area contributed by atoms with Gasteiger partial charge >= 0.3 is 6.03 Å². The Kier molecular flexibility index (Phi) is 5.79. The lowest BCUT2D eigenvalue weighted by Gasteiger charge is -2.42. The number of rotatable bonds is 4. The van der Waals surface area contributed by atoms with Crippen molar-refractivity contribution in [2.45, 2.75) is 31.8 Å². The third-order valence-corrected chi connectivity index (χ3v) is 7.43. The van der Waals surface area contributed by atoms with Crippen molar-refractivity contribution < 1.29 is 28.3 Å². The normalized spacial score (nSPS) is 20.6. The molecule has 0 saturated carbocycles. The minimum atomic E-state index is -0.776. The van der Waals surface area contributed by atoms with Crippen LogP contribution in [-0.4, -0.2) is 77.5 Å². The maximum absolute atomic E-state index is 13.6. The Morgan fingerprint density at radius 3 is 2.49 bits per heavy atom. The molecule has 2 fully saturated rings. The van der Waals surface area contributed by atoms with Gasteiger partial charge in [0.2, 0.25) is 5.91 Å². The first kappa shape index (κ1) is 23.4. The fourth-order valence-electron chi connectivity index (χ4n) is 5.58. The average Bonchev–Trinajstić information content (AvgIpc) is 3.13. The molecule has 2 saturated heterocycles. The number of benzene rings is 2. The number of amides is 5. The van der Waals surface area contributed by atoms with Gasteiger partial charge in [-0.2, -0.15) is 5.01 Å². The first-order valence-corrected chi connectivity index (χ1v) is 12.4. The number of hydrogen-bond donors (Lipinski definition) is 1. The lowest BCUT2D eigenvalue weighted by Crippen LogP contribution is -2.58. The van der Waals surface area contributed by atoms with Gasteiger partial charge < -0.3 is 9.64 Å². The molecule has 0 bridgehead atoms. The van der Waals surface area contributed by atoms with Gasteiger partial charge in [-0.15, -0.1) is 0 Å². The topological polar surface area (TPSA) is 102 Å². The van der Waals surface area contributed by atoms with Gasteiger partial charge in [0.15, 0.2) is 0 Å². The van der Waals surface area contributed by atoms with E-state index in [2.05, 4.69) is 15.1 Å². The number of urea groups is 1. The highest BCUT2D eigenvalue weighted by molar-refractivity contribution is 6.22. The first-order valence-electron chi connectivity index (χ1n) is 12.4. The number of hydrogen-bond acceptors (Lipinski definition) is 7. The molecular weight excluding hydrogens is 481 g/mol. The van der Waals surface area contributed by atoms with E-state index in [1.807, 2.05) is 6.07 Å². The highest BCUT2D eigenvalue weighted by Crippen LogP contribution is 2.35. The number of carbonyl (C=O) groups is 4. The van der Waals surface area contributed by atoms with Crippen LogP contribution in [0.25, 0.3) is 0 Å². The van der Waals surface area contributed by atoms with Crippen LogP contribution in [0.1, 0.15) is 45.5 Å². The van der Waals surface area contributed by atoms with Crippen molar-refractivity contribution in [2.24, 2.45) is 0 Å². The summed E-state index contributed by atoms with van der Waals surface area (Å²) >= 11 is 0. The van der Waals surface area contributed by atoms with E-state index in [1.54, 1.807) is 18.2 Å². The zero-order valence-corrected chi connectivity index (χ0v) is 20.1. The molecule has 192 valence electrons. The van der Waals surface area contributed by atoms with Gasteiger partial charge in [0.05, 0.1) is 29.9 Å². The van der Waals surface area contributed by atoms with Crippen LogP contribution in [0.5, 0.6) is 5.75 Å². The van der Waals surface area contributed by atoms with E-state index >= 15 is 0 Å². The molecule has 0 unspecified atom stereocenters. The van der Waals surface area contributed by atoms with Gasteiger partial charge in [-0.25, -0.2) is 14.2 Å². The van der Waals surface area contributed by atoms with Crippen LogP contribution >= 0.6 is 0 Å². The van der Waals surface area contributed by atoms with E-state index < -0.39 is 23.8 Å². The molecule has 0 radical (unpaired) electrons. The Balaban J connectivity index is 1.11. The number of halogens is 1. The van der Waals surface area contributed by atoms with E-state index in [9.17, 15) is 23.6 Å². The molecule has 2 aromatic rings. The monoisotopic (exact) mass is 507 g/mol. The zero-order chi connectivity index (χ0) is 25.7. The van der Waals surface area contributed by atoms with Crippen LogP contribution in [0.4, 0.5) is 14.9 Å². The summed E-state index contributed by atoms with van der Waals surface area (Å²) in [5.74, 6) is -1.28. The smallest absolute Gasteiger partial charge is 0.343 e. The Bertz CT molecular complexity index is 1310. The minimum absolute atomic E-state index is 0.0211. The number of fused-ring (bicyclic) bond motifs is 2. The van der Waals surface area contributed by atoms with E-state index in [4.69, 9.17) is 4.74 Å². The van der Waals surface area contributed by atoms with Crippen LogP contribution in [0, 0.1) is 5.82 Å². The highest BCUT2D eigenvalue weighted by Gasteiger charge is 2.43. The molecule has 6 rings (SSSR count). The summed E-state index contributed by atoms with van der Waals surface area (Å²) in [6, 6.07) is 9.44. The summed E-state index contributed by atoms with van der Waals surface area (Å²) in [6.07, 6.45) is 1.90. The molecule has 0 atom stereocenters. The Labute approximate surface area is 212 Å². The molecular formula is C26H26FN5O5. The minimum Gasteiger partial charge on any atom is -0.489 e. The Hall–Kier alpha value is -3.99. The van der Waals surface area contributed by atoms with E-state index in [-0.39, 0.29) is 29.9 Å². The van der Waals surface area contributed by atoms with E-state index in [0.717, 1.165) is 53.7 Å². The summed E-state index contributed by atoms with van der Waals surface area (Å²) < 4.78 is 19.3. The second-order valence-electron chi connectivity index (χ2n) is 9.69.